The lowest BCUT2D eigenvalue weighted by molar-refractivity contribution is -0.384. The Bertz CT molecular complexity index is 1060. The zero-order chi connectivity index (χ0) is 20.2. The van der Waals surface area contributed by atoms with Crippen LogP contribution in [0.2, 0.25) is 0 Å². The van der Waals surface area contributed by atoms with Crippen molar-refractivity contribution in [2.24, 2.45) is 5.14 Å². The van der Waals surface area contributed by atoms with Gasteiger partial charge in [-0.25, -0.2) is 26.7 Å². The third-order valence-corrected chi connectivity index (χ3v) is 6.52. The smallest absolute Gasteiger partial charge is 0.269 e. The van der Waals surface area contributed by atoms with Gasteiger partial charge in [-0.3, -0.25) is 14.9 Å². The summed E-state index contributed by atoms with van der Waals surface area (Å²) in [6.45, 7) is -0.272. The maximum absolute atomic E-state index is 12.1. The number of hydrogen-bond acceptors (Lipinski definition) is 10. The van der Waals surface area contributed by atoms with Crippen molar-refractivity contribution in [3.8, 4) is 0 Å². The fraction of sp³-hybridized carbons (Fsp3) is 0.182. The van der Waals surface area contributed by atoms with Crippen LogP contribution in [0, 0.1) is 10.1 Å². The van der Waals surface area contributed by atoms with Crippen molar-refractivity contribution < 1.29 is 26.6 Å². The first-order chi connectivity index (χ1) is 12.5. The van der Waals surface area contributed by atoms with Crippen molar-refractivity contribution >= 4 is 48.1 Å². The summed E-state index contributed by atoms with van der Waals surface area (Å²) in [4.78, 5) is 21.5. The number of hydrogen-bond donors (Lipinski definition) is 3. The number of carbonyl (C=O) groups is 1. The van der Waals surface area contributed by atoms with Crippen LogP contribution in [0.5, 0.6) is 0 Å². The molecule has 0 radical (unpaired) electrons. The maximum Gasteiger partial charge on any atom is 0.269 e. The molecule has 16 heteroatoms. The molecule has 2 rings (SSSR count). The van der Waals surface area contributed by atoms with E-state index in [1.54, 1.807) is 0 Å². The minimum Gasteiger partial charge on any atom is -0.300 e. The minimum absolute atomic E-state index is 0.109. The van der Waals surface area contributed by atoms with E-state index in [1.165, 1.54) is 0 Å². The van der Waals surface area contributed by atoms with Crippen molar-refractivity contribution in [2.45, 2.75) is 15.7 Å². The molecule has 0 spiro atoms. The average molecular weight is 436 g/mol. The zero-order valence-electron chi connectivity index (χ0n) is 13.2. The Balaban J connectivity index is 1.90. The molecule has 1 amide bonds. The van der Waals surface area contributed by atoms with Crippen LogP contribution in [-0.2, 0) is 24.8 Å². The molecular formula is C11H12N6O7S3. The van der Waals surface area contributed by atoms with Gasteiger partial charge in [0.15, 0.2) is 0 Å². The number of rotatable bonds is 8. The summed E-state index contributed by atoms with van der Waals surface area (Å²) >= 11 is 0.547. The zero-order valence-corrected chi connectivity index (χ0v) is 15.7. The molecule has 27 heavy (non-hydrogen) atoms. The maximum atomic E-state index is 12.1. The molecule has 0 aliphatic carbocycles. The van der Waals surface area contributed by atoms with Gasteiger partial charge in [0.2, 0.25) is 25.4 Å². The monoisotopic (exact) mass is 436 g/mol. The van der Waals surface area contributed by atoms with Gasteiger partial charge in [0.25, 0.3) is 15.7 Å². The Hall–Kier alpha value is -2.53. The highest BCUT2D eigenvalue weighted by molar-refractivity contribution is 7.91. The molecule has 0 saturated heterocycles. The van der Waals surface area contributed by atoms with Gasteiger partial charge in [-0.1, -0.05) is 11.3 Å². The van der Waals surface area contributed by atoms with Crippen LogP contribution >= 0.6 is 11.3 Å². The van der Waals surface area contributed by atoms with E-state index in [9.17, 15) is 31.7 Å². The largest absolute Gasteiger partial charge is 0.300 e. The molecule has 0 unspecified atom stereocenters. The Morgan fingerprint density at radius 1 is 1.19 bits per heavy atom. The number of sulfonamides is 2. The van der Waals surface area contributed by atoms with E-state index in [0.29, 0.717) is 11.3 Å². The van der Waals surface area contributed by atoms with Gasteiger partial charge in [0, 0.05) is 25.1 Å². The van der Waals surface area contributed by atoms with Gasteiger partial charge in [-0.05, 0) is 12.1 Å². The third kappa shape index (κ3) is 5.73. The summed E-state index contributed by atoms with van der Waals surface area (Å²) in [7, 11) is -7.99. The molecule has 146 valence electrons. The third-order valence-electron chi connectivity index (χ3n) is 2.90. The van der Waals surface area contributed by atoms with E-state index in [4.69, 9.17) is 5.14 Å². The molecule has 0 fully saturated rings. The number of non-ortho nitro benzene ring substituents is 1. The summed E-state index contributed by atoms with van der Waals surface area (Å²) in [5.74, 6) is -0.640. The summed E-state index contributed by atoms with van der Waals surface area (Å²) in [5.41, 5.74) is -0.260. The number of nitrogens with zero attached hydrogens (tertiary/aromatic N) is 3. The highest BCUT2D eigenvalue weighted by atomic mass is 32.2. The second-order valence-electron chi connectivity index (χ2n) is 4.87. The number of nitrogens with two attached hydrogens (primary N) is 1. The van der Waals surface area contributed by atoms with Crippen molar-refractivity contribution in [1.82, 2.24) is 14.9 Å². The number of primary sulfonamides is 1. The first-order valence-electron chi connectivity index (χ1n) is 6.89. The average Bonchev–Trinajstić information content (AvgIpc) is 3.03. The van der Waals surface area contributed by atoms with Crippen LogP contribution < -0.4 is 15.2 Å². The number of aromatic nitrogens is 2. The van der Waals surface area contributed by atoms with Gasteiger partial charge in [0.05, 0.1) is 9.82 Å². The van der Waals surface area contributed by atoms with E-state index in [2.05, 4.69) is 20.2 Å². The summed E-state index contributed by atoms with van der Waals surface area (Å²) < 4.78 is 47.9. The Kier molecular flexibility index (Phi) is 6.16. The molecule has 1 aromatic carbocycles. The molecule has 0 atom stereocenters. The number of amides is 1. The molecule has 13 nitrogen and oxygen atoms in total. The van der Waals surface area contributed by atoms with E-state index in [1.807, 2.05) is 0 Å². The number of nitro groups is 1. The van der Waals surface area contributed by atoms with E-state index in [0.717, 1.165) is 24.3 Å². The molecule has 1 heterocycles. The fourth-order valence-electron chi connectivity index (χ4n) is 1.69. The van der Waals surface area contributed by atoms with Crippen LogP contribution in [0.3, 0.4) is 0 Å². The molecular weight excluding hydrogens is 424 g/mol. The van der Waals surface area contributed by atoms with Crippen LogP contribution in [0.25, 0.3) is 0 Å². The molecule has 0 aliphatic rings. The number of benzene rings is 1. The Labute approximate surface area is 156 Å². The Morgan fingerprint density at radius 2 is 1.81 bits per heavy atom. The molecule has 4 N–H and O–H groups in total. The van der Waals surface area contributed by atoms with Gasteiger partial charge in [-0.15, -0.1) is 10.2 Å². The van der Waals surface area contributed by atoms with E-state index in [-0.39, 0.29) is 28.7 Å². The van der Waals surface area contributed by atoms with Gasteiger partial charge >= 0.3 is 0 Å². The first-order valence-corrected chi connectivity index (χ1v) is 10.7. The van der Waals surface area contributed by atoms with Crippen LogP contribution in [0.4, 0.5) is 10.8 Å². The second-order valence-corrected chi connectivity index (χ2v) is 9.34. The van der Waals surface area contributed by atoms with Crippen molar-refractivity contribution in [2.75, 3.05) is 11.9 Å². The van der Waals surface area contributed by atoms with Crippen LogP contribution in [0.15, 0.2) is 33.5 Å². The van der Waals surface area contributed by atoms with Gasteiger partial charge in [0.1, 0.15) is 0 Å². The summed E-state index contributed by atoms with van der Waals surface area (Å²) in [6, 6.07) is 4.22. The molecule has 0 bridgehead atoms. The summed E-state index contributed by atoms with van der Waals surface area (Å²) in [6.07, 6.45) is -0.281. The predicted molar refractivity (Wildman–Crippen MR) is 92.8 cm³/mol. The quantitative estimate of drug-likeness (QED) is 0.274. The fourth-order valence-corrected chi connectivity index (χ4v) is 4.07. The Morgan fingerprint density at radius 3 is 2.33 bits per heavy atom. The van der Waals surface area contributed by atoms with Crippen LogP contribution in [0.1, 0.15) is 6.42 Å². The first kappa shape index (κ1) is 20.8. The molecule has 2 aromatic rings. The summed E-state index contributed by atoms with van der Waals surface area (Å²) in [5, 5.41) is 24.3. The molecule has 0 aliphatic heterocycles. The van der Waals surface area contributed by atoms with Crippen molar-refractivity contribution in [1.29, 1.82) is 0 Å². The second kappa shape index (κ2) is 8.01. The lowest BCUT2D eigenvalue weighted by Gasteiger charge is -2.06. The highest BCUT2D eigenvalue weighted by Gasteiger charge is 2.18. The highest BCUT2D eigenvalue weighted by Crippen LogP contribution is 2.18. The number of nitrogens with one attached hydrogen (secondary N) is 2. The number of nitro benzene ring substituents is 1. The SMILES string of the molecule is NS(=O)(=O)c1nnc(NC(=O)CCNS(=O)(=O)c2ccc([N+](=O)[O-])cc2)s1. The van der Waals surface area contributed by atoms with Crippen LogP contribution in [-0.4, -0.2) is 44.4 Å². The lowest BCUT2D eigenvalue weighted by Crippen LogP contribution is -2.27. The standard InChI is InChI=1S/C11H12N6O7S3/c12-26(21,22)11-16-15-10(25-11)14-9(18)5-6-13-27(23,24)8-3-1-7(2-4-8)17(19)20/h1-4,13H,5-6H2,(H2,12,21,22)(H,14,15,18). The van der Waals surface area contributed by atoms with Gasteiger partial charge < -0.3 is 5.32 Å². The topological polar surface area (TPSA) is 204 Å². The van der Waals surface area contributed by atoms with Crippen molar-refractivity contribution in [3.05, 3.63) is 34.4 Å². The molecule has 0 saturated carbocycles. The van der Waals surface area contributed by atoms with Crippen molar-refractivity contribution in [3.63, 3.8) is 0 Å². The number of anilines is 1. The van der Waals surface area contributed by atoms with E-state index >= 15 is 0 Å². The molecule has 1 aromatic heterocycles. The predicted octanol–water partition coefficient (Wildman–Crippen LogP) is -0.599. The van der Waals surface area contributed by atoms with Gasteiger partial charge in [-0.2, -0.15) is 0 Å². The lowest BCUT2D eigenvalue weighted by atomic mass is 10.3. The normalized spacial score (nSPS) is 11.9. The van der Waals surface area contributed by atoms with E-state index < -0.39 is 35.2 Å². The number of carbonyl (C=O) groups excluding carboxylic acids is 1. The minimum atomic E-state index is -4.03.